The van der Waals surface area contributed by atoms with E-state index >= 15 is 0 Å². The summed E-state index contributed by atoms with van der Waals surface area (Å²) in [5, 5.41) is 0. The van der Waals surface area contributed by atoms with Crippen LogP contribution in [0.1, 0.15) is 33.6 Å². The van der Waals surface area contributed by atoms with Crippen molar-refractivity contribution >= 4 is 5.91 Å². The predicted molar refractivity (Wildman–Crippen MR) is 66.2 cm³/mol. The highest BCUT2D eigenvalue weighted by atomic mass is 16.2. The molecule has 1 heterocycles. The van der Waals surface area contributed by atoms with Gasteiger partial charge >= 0.3 is 0 Å². The maximum atomic E-state index is 11.9. The molecule has 0 radical (unpaired) electrons. The van der Waals surface area contributed by atoms with E-state index in [1.165, 1.54) is 0 Å². The Morgan fingerprint density at radius 1 is 1.50 bits per heavy atom. The van der Waals surface area contributed by atoms with Crippen LogP contribution < -0.4 is 5.73 Å². The quantitative estimate of drug-likeness (QED) is 0.768. The van der Waals surface area contributed by atoms with Gasteiger partial charge < -0.3 is 15.5 Å². The number of hydrogen-bond acceptors (Lipinski definition) is 3. The van der Waals surface area contributed by atoms with E-state index in [1.54, 1.807) is 6.92 Å². The molecule has 1 fully saturated rings. The molecule has 0 saturated carbocycles. The SMILES string of the molecule is CC(N)C(=O)N1CCCC1CN(C)C(C)C. The molecule has 1 aliphatic rings. The summed E-state index contributed by atoms with van der Waals surface area (Å²) in [5.41, 5.74) is 5.66. The molecule has 4 nitrogen and oxygen atoms in total. The van der Waals surface area contributed by atoms with Crippen LogP contribution in [0, 0.1) is 0 Å². The van der Waals surface area contributed by atoms with Gasteiger partial charge in [-0.3, -0.25) is 4.79 Å². The van der Waals surface area contributed by atoms with Crippen molar-refractivity contribution in [1.29, 1.82) is 0 Å². The van der Waals surface area contributed by atoms with Crippen molar-refractivity contribution in [3.05, 3.63) is 0 Å². The normalized spacial score (nSPS) is 23.2. The van der Waals surface area contributed by atoms with Crippen molar-refractivity contribution in [3.63, 3.8) is 0 Å². The van der Waals surface area contributed by atoms with E-state index < -0.39 is 0 Å². The molecular weight excluding hydrogens is 202 g/mol. The van der Waals surface area contributed by atoms with Crippen molar-refractivity contribution in [3.8, 4) is 0 Å². The Morgan fingerprint density at radius 3 is 2.62 bits per heavy atom. The number of nitrogens with zero attached hydrogens (tertiary/aromatic N) is 2. The third-order valence-electron chi connectivity index (χ3n) is 3.43. The number of carbonyl (C=O) groups excluding carboxylic acids is 1. The van der Waals surface area contributed by atoms with Crippen molar-refractivity contribution in [2.24, 2.45) is 5.73 Å². The molecule has 2 N–H and O–H groups in total. The Bertz CT molecular complexity index is 240. The standard InChI is InChI=1S/C12H25N3O/c1-9(2)14(4)8-11-6-5-7-15(11)12(16)10(3)13/h9-11H,5-8,13H2,1-4H3. The number of hydrogen-bond donors (Lipinski definition) is 1. The molecule has 94 valence electrons. The molecule has 1 rings (SSSR count). The fourth-order valence-electron chi connectivity index (χ4n) is 2.12. The molecule has 0 aromatic carbocycles. The molecule has 0 aromatic rings. The molecule has 0 spiro atoms. The number of nitrogens with two attached hydrogens (primary N) is 1. The molecule has 0 aromatic heterocycles. The van der Waals surface area contributed by atoms with Gasteiger partial charge in [0.1, 0.15) is 0 Å². The van der Waals surface area contributed by atoms with Gasteiger partial charge in [-0.1, -0.05) is 0 Å². The molecule has 0 aliphatic carbocycles. The Morgan fingerprint density at radius 2 is 2.12 bits per heavy atom. The Labute approximate surface area is 98.8 Å². The van der Waals surface area contributed by atoms with Gasteiger partial charge in [-0.15, -0.1) is 0 Å². The summed E-state index contributed by atoms with van der Waals surface area (Å²) in [5.74, 6) is 0.0969. The first-order valence-electron chi connectivity index (χ1n) is 6.19. The maximum absolute atomic E-state index is 11.9. The zero-order valence-electron chi connectivity index (χ0n) is 10.9. The zero-order valence-corrected chi connectivity index (χ0v) is 10.9. The summed E-state index contributed by atoms with van der Waals surface area (Å²) in [6.45, 7) is 7.94. The van der Waals surface area contributed by atoms with Crippen LogP contribution in [0.25, 0.3) is 0 Å². The van der Waals surface area contributed by atoms with Gasteiger partial charge in [-0.05, 0) is 40.7 Å². The van der Waals surface area contributed by atoms with Gasteiger partial charge in [0.05, 0.1) is 6.04 Å². The summed E-state index contributed by atoms with van der Waals surface area (Å²) in [4.78, 5) is 16.1. The van der Waals surface area contributed by atoms with Crippen LogP contribution in [0.15, 0.2) is 0 Å². The molecule has 1 aliphatic heterocycles. The summed E-state index contributed by atoms with van der Waals surface area (Å²) in [7, 11) is 2.11. The Kier molecular flexibility index (Phi) is 4.74. The number of likely N-dealkylation sites (N-methyl/N-ethyl adjacent to an activating group) is 1. The van der Waals surface area contributed by atoms with E-state index in [-0.39, 0.29) is 11.9 Å². The molecule has 0 bridgehead atoms. The number of rotatable bonds is 4. The summed E-state index contributed by atoms with van der Waals surface area (Å²) < 4.78 is 0. The van der Waals surface area contributed by atoms with E-state index in [0.29, 0.717) is 12.1 Å². The highest BCUT2D eigenvalue weighted by Crippen LogP contribution is 2.19. The van der Waals surface area contributed by atoms with Crippen LogP contribution in [-0.4, -0.2) is 54.0 Å². The third kappa shape index (κ3) is 3.19. The largest absolute Gasteiger partial charge is 0.337 e. The van der Waals surface area contributed by atoms with Crippen molar-refractivity contribution in [2.75, 3.05) is 20.1 Å². The van der Waals surface area contributed by atoms with Crippen molar-refractivity contribution in [2.45, 2.75) is 51.7 Å². The Hall–Kier alpha value is -0.610. The van der Waals surface area contributed by atoms with Crippen LogP contribution in [0.5, 0.6) is 0 Å². The van der Waals surface area contributed by atoms with Gasteiger partial charge in [0.2, 0.25) is 5.91 Å². The summed E-state index contributed by atoms with van der Waals surface area (Å²) in [6, 6.07) is 0.503. The van der Waals surface area contributed by atoms with Gasteiger partial charge in [0.15, 0.2) is 0 Å². The smallest absolute Gasteiger partial charge is 0.239 e. The van der Waals surface area contributed by atoms with E-state index in [1.807, 2.05) is 4.90 Å². The van der Waals surface area contributed by atoms with E-state index in [2.05, 4.69) is 25.8 Å². The summed E-state index contributed by atoms with van der Waals surface area (Å²) >= 11 is 0. The highest BCUT2D eigenvalue weighted by molar-refractivity contribution is 5.81. The van der Waals surface area contributed by atoms with Crippen LogP contribution in [0.2, 0.25) is 0 Å². The minimum absolute atomic E-state index is 0.0969. The maximum Gasteiger partial charge on any atom is 0.239 e. The average molecular weight is 227 g/mol. The van der Waals surface area contributed by atoms with Crippen LogP contribution in [0.4, 0.5) is 0 Å². The molecule has 2 unspecified atom stereocenters. The van der Waals surface area contributed by atoms with Gasteiger partial charge in [0, 0.05) is 25.2 Å². The highest BCUT2D eigenvalue weighted by Gasteiger charge is 2.30. The number of carbonyl (C=O) groups is 1. The topological polar surface area (TPSA) is 49.6 Å². The zero-order chi connectivity index (χ0) is 12.3. The fourth-order valence-corrected chi connectivity index (χ4v) is 2.12. The summed E-state index contributed by atoms with van der Waals surface area (Å²) in [6.07, 6.45) is 2.21. The monoisotopic (exact) mass is 227 g/mol. The molecule has 1 amide bonds. The van der Waals surface area contributed by atoms with Crippen LogP contribution in [-0.2, 0) is 4.79 Å². The van der Waals surface area contributed by atoms with Gasteiger partial charge in [0.25, 0.3) is 0 Å². The van der Waals surface area contributed by atoms with Crippen molar-refractivity contribution in [1.82, 2.24) is 9.80 Å². The molecule has 4 heteroatoms. The molecular formula is C12H25N3O. The minimum Gasteiger partial charge on any atom is -0.337 e. The first kappa shape index (κ1) is 13.5. The van der Waals surface area contributed by atoms with Gasteiger partial charge in [-0.2, -0.15) is 0 Å². The molecule has 16 heavy (non-hydrogen) atoms. The number of amides is 1. The average Bonchev–Trinajstić information content (AvgIpc) is 2.64. The number of likely N-dealkylation sites (tertiary alicyclic amines) is 1. The fraction of sp³-hybridized carbons (Fsp3) is 0.917. The predicted octanol–water partition coefficient (Wildman–Crippen LogP) is 0.665. The van der Waals surface area contributed by atoms with Crippen molar-refractivity contribution < 1.29 is 4.79 Å². The Balaban J connectivity index is 2.56. The second kappa shape index (κ2) is 5.64. The third-order valence-corrected chi connectivity index (χ3v) is 3.43. The minimum atomic E-state index is -0.370. The first-order valence-corrected chi connectivity index (χ1v) is 6.19. The van der Waals surface area contributed by atoms with E-state index in [4.69, 9.17) is 5.73 Å². The second-order valence-electron chi connectivity index (χ2n) is 5.15. The first-order chi connectivity index (χ1) is 7.43. The molecule has 2 atom stereocenters. The lowest BCUT2D eigenvalue weighted by molar-refractivity contribution is -0.133. The van der Waals surface area contributed by atoms with Crippen LogP contribution in [0.3, 0.4) is 0 Å². The lowest BCUT2D eigenvalue weighted by Gasteiger charge is -2.31. The van der Waals surface area contributed by atoms with Crippen LogP contribution >= 0.6 is 0 Å². The van der Waals surface area contributed by atoms with E-state index in [9.17, 15) is 4.79 Å². The molecule has 1 saturated heterocycles. The van der Waals surface area contributed by atoms with Gasteiger partial charge in [-0.25, -0.2) is 0 Å². The van der Waals surface area contributed by atoms with E-state index in [0.717, 1.165) is 25.9 Å². The lowest BCUT2D eigenvalue weighted by Crippen LogP contribution is -2.48. The lowest BCUT2D eigenvalue weighted by atomic mass is 10.2. The second-order valence-corrected chi connectivity index (χ2v) is 5.15.